The molecule has 0 spiro atoms. The Bertz CT molecular complexity index is 744. The maximum Gasteiger partial charge on any atom is 0.265 e. The number of nitrogens with one attached hydrogen (secondary N) is 1. The Morgan fingerprint density at radius 1 is 1.22 bits per heavy atom. The summed E-state index contributed by atoms with van der Waals surface area (Å²) in [6, 6.07) is 12.4. The number of hydrogen-bond acceptors (Lipinski definition) is 4. The molecule has 23 heavy (non-hydrogen) atoms. The molecule has 0 unspecified atom stereocenters. The number of carbonyl (C=O) groups excluding carboxylic acids is 2. The van der Waals surface area contributed by atoms with E-state index in [4.69, 9.17) is 4.84 Å². The van der Waals surface area contributed by atoms with Crippen LogP contribution in [-0.4, -0.2) is 24.5 Å². The number of benzene rings is 2. The second-order valence-electron chi connectivity index (χ2n) is 4.75. The van der Waals surface area contributed by atoms with Gasteiger partial charge in [-0.15, -0.1) is 0 Å². The van der Waals surface area contributed by atoms with Gasteiger partial charge >= 0.3 is 0 Å². The first-order valence-corrected chi connectivity index (χ1v) is 6.86. The minimum Gasteiger partial charge on any atom is -0.386 e. The third kappa shape index (κ3) is 5.35. The van der Waals surface area contributed by atoms with Crippen LogP contribution < -0.4 is 5.32 Å². The molecule has 1 N–H and O–H groups in total. The van der Waals surface area contributed by atoms with Crippen LogP contribution in [0.15, 0.2) is 53.7 Å². The summed E-state index contributed by atoms with van der Waals surface area (Å²) >= 11 is 0. The number of hydrogen-bond donors (Lipinski definition) is 1. The lowest BCUT2D eigenvalue weighted by molar-refractivity contribution is -0.120. The topological polar surface area (TPSA) is 67.8 Å². The molecule has 0 saturated carbocycles. The Balaban J connectivity index is 1.83. The van der Waals surface area contributed by atoms with E-state index in [0.717, 1.165) is 0 Å². The van der Waals surface area contributed by atoms with Gasteiger partial charge in [-0.05, 0) is 36.8 Å². The van der Waals surface area contributed by atoms with Gasteiger partial charge in [0.2, 0.25) is 0 Å². The van der Waals surface area contributed by atoms with E-state index in [9.17, 15) is 14.0 Å². The number of carbonyl (C=O) groups is 2. The molecule has 0 heterocycles. The van der Waals surface area contributed by atoms with Crippen molar-refractivity contribution in [2.75, 3.05) is 11.9 Å². The smallest absolute Gasteiger partial charge is 0.265 e. The van der Waals surface area contributed by atoms with Crippen LogP contribution in [0.4, 0.5) is 10.1 Å². The summed E-state index contributed by atoms with van der Waals surface area (Å²) in [5.41, 5.74) is 1.54. The largest absolute Gasteiger partial charge is 0.386 e. The lowest BCUT2D eigenvalue weighted by Crippen LogP contribution is -2.17. The van der Waals surface area contributed by atoms with Gasteiger partial charge in [0.05, 0.1) is 6.21 Å². The number of oxime groups is 1. The molecule has 6 heteroatoms. The summed E-state index contributed by atoms with van der Waals surface area (Å²) in [5, 5.41) is 6.20. The van der Waals surface area contributed by atoms with Crippen LogP contribution in [0.1, 0.15) is 22.8 Å². The van der Waals surface area contributed by atoms with Crippen LogP contribution in [0.3, 0.4) is 0 Å². The summed E-state index contributed by atoms with van der Waals surface area (Å²) in [5.74, 6) is -0.879. The van der Waals surface area contributed by atoms with Gasteiger partial charge in [0.15, 0.2) is 12.4 Å². The van der Waals surface area contributed by atoms with Crippen molar-refractivity contribution in [3.05, 3.63) is 65.5 Å². The first-order chi connectivity index (χ1) is 11.0. The van der Waals surface area contributed by atoms with Crippen molar-refractivity contribution in [1.82, 2.24) is 0 Å². The van der Waals surface area contributed by atoms with Crippen LogP contribution in [0.2, 0.25) is 0 Å². The zero-order valence-corrected chi connectivity index (χ0v) is 12.5. The maximum atomic E-state index is 12.9. The summed E-state index contributed by atoms with van der Waals surface area (Å²) in [6.07, 6.45) is 1.31. The first-order valence-electron chi connectivity index (χ1n) is 6.86. The van der Waals surface area contributed by atoms with Gasteiger partial charge in [0.25, 0.3) is 5.91 Å². The van der Waals surface area contributed by atoms with E-state index < -0.39 is 5.91 Å². The average molecular weight is 314 g/mol. The molecule has 0 aromatic heterocycles. The van der Waals surface area contributed by atoms with E-state index in [-0.39, 0.29) is 18.2 Å². The first kappa shape index (κ1) is 16.4. The van der Waals surface area contributed by atoms with Crippen molar-refractivity contribution in [3.8, 4) is 0 Å². The van der Waals surface area contributed by atoms with Gasteiger partial charge < -0.3 is 10.2 Å². The van der Waals surface area contributed by atoms with E-state index >= 15 is 0 Å². The number of anilines is 1. The highest BCUT2D eigenvalue weighted by Gasteiger charge is 2.05. The van der Waals surface area contributed by atoms with E-state index in [1.807, 2.05) is 0 Å². The molecule has 0 bridgehead atoms. The Labute approximate surface area is 132 Å². The van der Waals surface area contributed by atoms with E-state index in [1.165, 1.54) is 25.3 Å². The van der Waals surface area contributed by atoms with Crippen molar-refractivity contribution >= 4 is 23.6 Å². The summed E-state index contributed by atoms with van der Waals surface area (Å²) in [6.45, 7) is 1.15. The van der Waals surface area contributed by atoms with Crippen LogP contribution in [-0.2, 0) is 9.63 Å². The zero-order chi connectivity index (χ0) is 16.7. The van der Waals surface area contributed by atoms with Crippen LogP contribution in [0.5, 0.6) is 0 Å². The Hall–Kier alpha value is -3.02. The number of amides is 1. The standard InChI is InChI=1S/C17H15FN2O3/c1-12(21)14-5-3-7-16(9-14)20-17(22)11-23-19-10-13-4-2-6-15(18)8-13/h2-10H,11H2,1H3,(H,20,22)/b19-10+. The molecule has 118 valence electrons. The molecular formula is C17H15FN2O3. The number of halogens is 1. The number of Topliss-reactive ketones (excluding diaryl/α,β-unsaturated/α-hetero) is 1. The monoisotopic (exact) mass is 314 g/mol. The molecule has 2 aromatic carbocycles. The molecule has 0 atom stereocenters. The lowest BCUT2D eigenvalue weighted by atomic mass is 10.1. The number of nitrogens with zero attached hydrogens (tertiary/aromatic N) is 1. The van der Waals surface area contributed by atoms with Crippen LogP contribution in [0.25, 0.3) is 0 Å². The quantitative estimate of drug-likeness (QED) is 0.506. The molecule has 2 rings (SSSR count). The fourth-order valence-electron chi connectivity index (χ4n) is 1.79. The van der Waals surface area contributed by atoms with Crippen molar-refractivity contribution in [2.24, 2.45) is 5.16 Å². The molecule has 0 radical (unpaired) electrons. The summed E-state index contributed by atoms with van der Waals surface area (Å²) < 4.78 is 12.9. The predicted octanol–water partition coefficient (Wildman–Crippen LogP) is 3.02. The minimum absolute atomic E-state index is 0.0861. The fourth-order valence-corrected chi connectivity index (χ4v) is 1.79. The average Bonchev–Trinajstić information content (AvgIpc) is 2.52. The molecule has 1 amide bonds. The molecule has 0 aliphatic heterocycles. The molecule has 0 fully saturated rings. The third-order valence-electron chi connectivity index (χ3n) is 2.87. The second-order valence-corrected chi connectivity index (χ2v) is 4.75. The summed E-state index contributed by atoms with van der Waals surface area (Å²) in [4.78, 5) is 27.8. The zero-order valence-electron chi connectivity index (χ0n) is 12.5. The fraction of sp³-hybridized carbons (Fsp3) is 0.118. The minimum atomic E-state index is -0.415. The highest BCUT2D eigenvalue weighted by molar-refractivity contribution is 5.97. The van der Waals surface area contributed by atoms with E-state index in [2.05, 4.69) is 10.5 Å². The molecule has 2 aromatic rings. The number of rotatable bonds is 6. The van der Waals surface area contributed by atoms with E-state index in [0.29, 0.717) is 16.8 Å². The molecule has 0 aliphatic carbocycles. The highest BCUT2D eigenvalue weighted by Crippen LogP contribution is 2.11. The van der Waals surface area contributed by atoms with E-state index in [1.54, 1.807) is 36.4 Å². The highest BCUT2D eigenvalue weighted by atomic mass is 19.1. The van der Waals surface area contributed by atoms with Gasteiger partial charge in [0, 0.05) is 11.3 Å². The Morgan fingerprint density at radius 2 is 2.00 bits per heavy atom. The molecule has 5 nitrogen and oxygen atoms in total. The normalized spacial score (nSPS) is 10.5. The van der Waals surface area contributed by atoms with Crippen LogP contribution in [0, 0.1) is 5.82 Å². The van der Waals surface area contributed by atoms with Crippen molar-refractivity contribution < 1.29 is 18.8 Å². The van der Waals surface area contributed by atoms with Crippen molar-refractivity contribution in [1.29, 1.82) is 0 Å². The molecule has 0 saturated heterocycles. The second kappa shape index (κ2) is 7.84. The maximum absolute atomic E-state index is 12.9. The van der Waals surface area contributed by atoms with Gasteiger partial charge in [-0.2, -0.15) is 0 Å². The Kier molecular flexibility index (Phi) is 5.57. The van der Waals surface area contributed by atoms with Gasteiger partial charge in [-0.3, -0.25) is 9.59 Å². The van der Waals surface area contributed by atoms with Crippen LogP contribution >= 0.6 is 0 Å². The predicted molar refractivity (Wildman–Crippen MR) is 85.0 cm³/mol. The third-order valence-corrected chi connectivity index (χ3v) is 2.87. The van der Waals surface area contributed by atoms with Crippen molar-refractivity contribution in [2.45, 2.75) is 6.92 Å². The number of ketones is 1. The Morgan fingerprint density at radius 3 is 2.74 bits per heavy atom. The molecular weight excluding hydrogens is 299 g/mol. The van der Waals surface area contributed by atoms with Gasteiger partial charge in [-0.25, -0.2) is 4.39 Å². The van der Waals surface area contributed by atoms with Crippen molar-refractivity contribution in [3.63, 3.8) is 0 Å². The van der Waals surface area contributed by atoms with Gasteiger partial charge in [-0.1, -0.05) is 29.4 Å². The van der Waals surface area contributed by atoms with Gasteiger partial charge in [0.1, 0.15) is 5.82 Å². The lowest BCUT2D eigenvalue weighted by Gasteiger charge is -2.05. The molecule has 0 aliphatic rings. The summed E-state index contributed by atoms with van der Waals surface area (Å²) in [7, 11) is 0. The SMILES string of the molecule is CC(=O)c1cccc(NC(=O)CO/N=C/c2cccc(F)c2)c1.